The molecule has 1 aromatic heterocycles. The minimum atomic E-state index is -0.175. The number of carbonyl (C=O) groups excluding carboxylic acids is 2. The summed E-state index contributed by atoms with van der Waals surface area (Å²) in [6, 6.07) is 15.4. The summed E-state index contributed by atoms with van der Waals surface area (Å²) in [5.41, 5.74) is 2.34. The van der Waals surface area contributed by atoms with E-state index in [9.17, 15) is 9.59 Å². The number of amides is 2. The fourth-order valence-electron chi connectivity index (χ4n) is 4.39. The highest BCUT2D eigenvalue weighted by Crippen LogP contribution is 2.27. The zero-order chi connectivity index (χ0) is 26.4. The van der Waals surface area contributed by atoms with Gasteiger partial charge in [0.25, 0.3) is 11.8 Å². The summed E-state index contributed by atoms with van der Waals surface area (Å²) in [5.74, 6) is 1.07. The van der Waals surface area contributed by atoms with Crippen molar-refractivity contribution in [3.63, 3.8) is 0 Å². The van der Waals surface area contributed by atoms with Crippen LogP contribution in [0.4, 0.5) is 0 Å². The summed E-state index contributed by atoms with van der Waals surface area (Å²) < 4.78 is 11.1. The van der Waals surface area contributed by atoms with Gasteiger partial charge in [-0.2, -0.15) is 0 Å². The van der Waals surface area contributed by atoms with E-state index in [0.29, 0.717) is 22.8 Å². The van der Waals surface area contributed by atoms with Gasteiger partial charge in [-0.15, -0.1) is 11.3 Å². The third-order valence-corrected chi connectivity index (χ3v) is 7.44. The van der Waals surface area contributed by atoms with Crippen LogP contribution < -0.4 is 20.1 Å². The fraction of sp³-hybridized carbons (Fsp3) is 0.414. The molecular weight excluding hydrogens is 486 g/mol. The second-order valence-electron chi connectivity index (χ2n) is 10.4. The number of ether oxygens (including phenoxy) is 2. The molecule has 1 aliphatic carbocycles. The topological polar surface area (TPSA) is 89.6 Å². The number of hydrogen-bond donors (Lipinski definition) is 2. The van der Waals surface area contributed by atoms with E-state index in [0.717, 1.165) is 30.7 Å². The van der Waals surface area contributed by atoms with Gasteiger partial charge in [-0.05, 0) is 60.9 Å². The summed E-state index contributed by atoms with van der Waals surface area (Å²) in [4.78, 5) is 29.9. The van der Waals surface area contributed by atoms with Crippen LogP contribution in [0.3, 0.4) is 0 Å². The molecule has 2 aromatic carbocycles. The molecule has 1 saturated carbocycles. The average Bonchev–Trinajstić information content (AvgIpc) is 3.37. The molecule has 2 N–H and O–H groups in total. The summed E-state index contributed by atoms with van der Waals surface area (Å²) in [5, 5.41) is 8.73. The van der Waals surface area contributed by atoms with Crippen molar-refractivity contribution in [2.45, 2.75) is 70.6 Å². The van der Waals surface area contributed by atoms with Crippen LogP contribution in [-0.2, 0) is 12.0 Å². The Morgan fingerprint density at radius 1 is 0.919 bits per heavy atom. The van der Waals surface area contributed by atoms with Crippen molar-refractivity contribution in [1.82, 2.24) is 15.6 Å². The highest BCUT2D eigenvalue weighted by Gasteiger charge is 2.25. The smallest absolute Gasteiger partial charge is 0.270 e. The predicted octanol–water partition coefficient (Wildman–Crippen LogP) is 5.50. The van der Waals surface area contributed by atoms with Gasteiger partial charge in [0.05, 0.1) is 7.11 Å². The highest BCUT2D eigenvalue weighted by molar-refractivity contribution is 7.09. The molecule has 0 spiro atoms. The van der Waals surface area contributed by atoms with Crippen LogP contribution in [0, 0.1) is 0 Å². The lowest BCUT2D eigenvalue weighted by Gasteiger charge is -2.29. The van der Waals surface area contributed by atoms with E-state index in [2.05, 4.69) is 36.4 Å². The largest absolute Gasteiger partial charge is 0.493 e. The van der Waals surface area contributed by atoms with Crippen LogP contribution in [0.2, 0.25) is 0 Å². The van der Waals surface area contributed by atoms with E-state index in [1.165, 1.54) is 16.9 Å². The maximum absolute atomic E-state index is 12.7. The van der Waals surface area contributed by atoms with Crippen LogP contribution >= 0.6 is 11.3 Å². The van der Waals surface area contributed by atoms with Crippen molar-refractivity contribution < 1.29 is 19.1 Å². The van der Waals surface area contributed by atoms with E-state index in [1.807, 2.05) is 48.5 Å². The summed E-state index contributed by atoms with van der Waals surface area (Å²) in [6.07, 6.45) is 3.28. The third-order valence-electron chi connectivity index (χ3n) is 6.62. The number of methoxy groups -OCH3 is 1. The minimum Gasteiger partial charge on any atom is -0.493 e. The second-order valence-corrected chi connectivity index (χ2v) is 11.3. The van der Waals surface area contributed by atoms with E-state index in [4.69, 9.17) is 9.47 Å². The predicted molar refractivity (Wildman–Crippen MR) is 146 cm³/mol. The number of hydrogen-bond acceptors (Lipinski definition) is 6. The summed E-state index contributed by atoms with van der Waals surface area (Å²) >= 11 is 1.39. The van der Waals surface area contributed by atoms with E-state index in [1.54, 1.807) is 12.5 Å². The second kappa shape index (κ2) is 11.8. The molecule has 0 radical (unpaired) electrons. The van der Waals surface area contributed by atoms with Gasteiger partial charge < -0.3 is 20.1 Å². The van der Waals surface area contributed by atoms with Crippen LogP contribution in [0.15, 0.2) is 53.9 Å². The Kier molecular flexibility index (Phi) is 8.48. The molecule has 37 heavy (non-hydrogen) atoms. The number of para-hydroxylation sites is 2. The Balaban J connectivity index is 1.22. The standard InChI is InChI=1S/C29H35N3O4S/c1-29(2,3)20-11-9-19(10-12-20)27(33)30-21-13-15-22(16-14-21)31-28(34)23-18-37-26(32-23)17-36-25-8-6-5-7-24(25)35-4/h5-12,18,21-22H,13-17H2,1-4H3,(H,30,33)(H,31,34). The molecule has 0 aliphatic heterocycles. The van der Waals surface area contributed by atoms with Crippen LogP contribution in [0.25, 0.3) is 0 Å². The van der Waals surface area contributed by atoms with Crippen molar-refractivity contribution in [1.29, 1.82) is 0 Å². The first kappa shape index (κ1) is 26.7. The SMILES string of the molecule is COc1ccccc1OCc1nc(C(=O)NC2CCC(NC(=O)c3ccc(C(C)(C)C)cc3)CC2)cs1. The van der Waals surface area contributed by atoms with Crippen molar-refractivity contribution in [3.05, 3.63) is 75.7 Å². The van der Waals surface area contributed by atoms with Crippen molar-refractivity contribution in [2.75, 3.05) is 7.11 Å². The average molecular weight is 522 g/mol. The molecule has 7 nitrogen and oxygen atoms in total. The molecule has 4 rings (SSSR count). The molecule has 1 heterocycles. The van der Waals surface area contributed by atoms with Crippen molar-refractivity contribution >= 4 is 23.2 Å². The van der Waals surface area contributed by atoms with Crippen molar-refractivity contribution in [2.24, 2.45) is 0 Å². The maximum atomic E-state index is 12.7. The number of nitrogens with zero attached hydrogens (tertiary/aromatic N) is 1. The molecule has 0 unspecified atom stereocenters. The Labute approximate surface area is 222 Å². The molecule has 0 bridgehead atoms. The Bertz CT molecular complexity index is 1210. The van der Waals surface area contributed by atoms with Crippen molar-refractivity contribution in [3.8, 4) is 11.5 Å². The number of nitrogens with one attached hydrogen (secondary N) is 2. The number of benzene rings is 2. The number of thiazole rings is 1. The maximum Gasteiger partial charge on any atom is 0.270 e. The van der Waals surface area contributed by atoms with Gasteiger partial charge in [0.15, 0.2) is 11.5 Å². The molecule has 3 aromatic rings. The number of carbonyl (C=O) groups is 2. The van der Waals surface area contributed by atoms with Crippen LogP contribution in [-0.4, -0.2) is 36.0 Å². The van der Waals surface area contributed by atoms with Gasteiger partial charge in [0.1, 0.15) is 17.3 Å². The van der Waals surface area contributed by atoms with Gasteiger partial charge in [-0.3, -0.25) is 9.59 Å². The Morgan fingerprint density at radius 2 is 1.51 bits per heavy atom. The molecular formula is C29H35N3O4S. The fourth-order valence-corrected chi connectivity index (χ4v) is 5.08. The van der Waals surface area contributed by atoms with E-state index in [-0.39, 0.29) is 35.9 Å². The zero-order valence-corrected chi connectivity index (χ0v) is 22.7. The van der Waals surface area contributed by atoms with Gasteiger partial charge in [-0.1, -0.05) is 45.0 Å². The Hall–Kier alpha value is -3.39. The quantitative estimate of drug-likeness (QED) is 0.409. The molecule has 1 fully saturated rings. The zero-order valence-electron chi connectivity index (χ0n) is 21.9. The molecule has 8 heteroatoms. The van der Waals surface area contributed by atoms with E-state index >= 15 is 0 Å². The molecule has 0 atom stereocenters. The Morgan fingerprint density at radius 3 is 2.11 bits per heavy atom. The number of rotatable bonds is 8. The van der Waals surface area contributed by atoms with Gasteiger partial charge in [0, 0.05) is 23.0 Å². The first-order valence-electron chi connectivity index (χ1n) is 12.7. The molecule has 196 valence electrons. The summed E-state index contributed by atoms with van der Waals surface area (Å²) in [7, 11) is 1.60. The van der Waals surface area contributed by atoms with Crippen LogP contribution in [0.5, 0.6) is 11.5 Å². The first-order chi connectivity index (χ1) is 17.7. The first-order valence-corrected chi connectivity index (χ1v) is 13.5. The van der Waals surface area contributed by atoms with Gasteiger partial charge >= 0.3 is 0 Å². The third kappa shape index (κ3) is 7.10. The summed E-state index contributed by atoms with van der Waals surface area (Å²) in [6.45, 7) is 6.74. The van der Waals surface area contributed by atoms with Gasteiger partial charge in [-0.25, -0.2) is 4.98 Å². The molecule has 2 amide bonds. The van der Waals surface area contributed by atoms with Crippen LogP contribution in [0.1, 0.15) is 77.9 Å². The molecule has 1 aliphatic rings. The number of aromatic nitrogens is 1. The van der Waals surface area contributed by atoms with E-state index < -0.39 is 0 Å². The van der Waals surface area contributed by atoms with Gasteiger partial charge in [0.2, 0.25) is 0 Å². The highest BCUT2D eigenvalue weighted by atomic mass is 32.1. The lowest BCUT2D eigenvalue weighted by molar-refractivity contribution is 0.0889. The lowest BCUT2D eigenvalue weighted by atomic mass is 9.86. The monoisotopic (exact) mass is 521 g/mol. The normalized spacial score (nSPS) is 17.6. The minimum absolute atomic E-state index is 0.0433. The lowest BCUT2D eigenvalue weighted by Crippen LogP contribution is -2.43. The molecule has 0 saturated heterocycles.